The van der Waals surface area contributed by atoms with Gasteiger partial charge in [-0.2, -0.15) is 22.0 Å². The molecule has 1 radical (unpaired) electrons. The molecular formula is C48H57F5IrNO2S-. The van der Waals surface area contributed by atoms with Crippen LogP contribution in [0.15, 0.2) is 66.6 Å². The Hall–Kier alpha value is -3.20. The predicted molar refractivity (Wildman–Crippen MR) is 227 cm³/mol. The van der Waals surface area contributed by atoms with Gasteiger partial charge in [0.25, 0.3) is 0 Å². The van der Waals surface area contributed by atoms with Gasteiger partial charge in [0.1, 0.15) is 0 Å². The number of hydrogen-bond acceptors (Lipinski definition) is 4. The molecule has 0 spiro atoms. The number of hydrogen-bond donors (Lipinski definition) is 1. The van der Waals surface area contributed by atoms with Crippen LogP contribution in [0.1, 0.15) is 129 Å². The topological polar surface area (TPSA) is 50.2 Å². The Morgan fingerprint density at radius 1 is 0.862 bits per heavy atom. The molecule has 0 bridgehead atoms. The molecule has 6 rings (SSSR count). The molecule has 10 heteroatoms. The fourth-order valence-electron chi connectivity index (χ4n) is 8.46. The number of thiophene rings is 1. The zero-order valence-electron chi connectivity index (χ0n) is 34.9. The van der Waals surface area contributed by atoms with Crippen molar-refractivity contribution >= 4 is 48.1 Å². The minimum absolute atomic E-state index is 0. The third-order valence-corrected chi connectivity index (χ3v) is 13.4. The van der Waals surface area contributed by atoms with E-state index in [0.29, 0.717) is 25.7 Å². The second-order valence-electron chi connectivity index (χ2n) is 16.8. The van der Waals surface area contributed by atoms with Crippen molar-refractivity contribution in [3.05, 3.63) is 89.3 Å². The first-order valence-electron chi connectivity index (χ1n) is 20.5. The number of alkyl halides is 5. The Morgan fingerprint density at radius 3 is 2.05 bits per heavy atom. The number of allylic oxidation sites excluding steroid dienone is 2. The van der Waals surface area contributed by atoms with Crippen LogP contribution in [0.2, 0.25) is 0 Å². The number of benzene rings is 3. The molecule has 2 heterocycles. The van der Waals surface area contributed by atoms with Crippen LogP contribution < -0.4 is 0 Å². The molecule has 317 valence electrons. The number of pyridine rings is 1. The molecule has 0 aliphatic heterocycles. The van der Waals surface area contributed by atoms with Crippen molar-refractivity contribution in [2.24, 2.45) is 17.8 Å². The van der Waals surface area contributed by atoms with Crippen LogP contribution in [-0.2, 0) is 30.3 Å². The van der Waals surface area contributed by atoms with Gasteiger partial charge in [0.15, 0.2) is 5.78 Å². The Balaban J connectivity index is 0.000000398. The number of aryl methyl sites for hydroxylation is 1. The molecule has 2 aromatic heterocycles. The molecule has 58 heavy (non-hydrogen) atoms. The van der Waals surface area contributed by atoms with Gasteiger partial charge in [0.05, 0.1) is 5.76 Å². The Bertz CT molecular complexity index is 2200. The standard InChI is InChI=1S/C35H33F5NS.C13H24O2.Ir/c1-20-25(22-11-9-21(10-12-22)19-34(36,37)35(38,39)40)13-14-27-28-15-16-41-30(32(28)42-31(20)27)24-17-23-7-5-6-8-26(23)29(18-24)33(2,3)4;1-5-10(6-2)12(14)9-13(15)11(7-3)8-4;/h5-8,13-16,18,21-22H,9-12,19H2,1-4H3;9-11,14H,5-8H2,1-4H3;/q-1;;/b;12-9-;. The molecular weight excluding hydrogens is 942 g/mol. The zero-order chi connectivity index (χ0) is 41.9. The van der Waals surface area contributed by atoms with Crippen molar-refractivity contribution in [3.63, 3.8) is 0 Å². The van der Waals surface area contributed by atoms with Gasteiger partial charge in [-0.25, -0.2) is 0 Å². The first-order valence-corrected chi connectivity index (χ1v) is 21.3. The van der Waals surface area contributed by atoms with E-state index in [1.807, 2.05) is 40.0 Å². The average Bonchev–Trinajstić information content (AvgIpc) is 3.55. The zero-order valence-corrected chi connectivity index (χ0v) is 38.1. The summed E-state index contributed by atoms with van der Waals surface area (Å²) in [5.41, 5.74) is 5.36. The molecule has 0 atom stereocenters. The summed E-state index contributed by atoms with van der Waals surface area (Å²) in [5, 5.41) is 14.3. The van der Waals surface area contributed by atoms with E-state index in [2.05, 4.69) is 76.2 Å². The molecule has 0 amide bonds. The van der Waals surface area contributed by atoms with Gasteiger partial charge >= 0.3 is 12.1 Å². The summed E-state index contributed by atoms with van der Waals surface area (Å²) < 4.78 is 67.8. The fraction of sp³-hybridized carbons (Fsp3) is 0.500. The summed E-state index contributed by atoms with van der Waals surface area (Å²) in [6, 6.07) is 20.5. The van der Waals surface area contributed by atoms with Crippen LogP contribution in [0.5, 0.6) is 0 Å². The Labute approximate surface area is 358 Å². The van der Waals surface area contributed by atoms with Gasteiger partial charge in [-0.3, -0.25) is 9.78 Å². The molecule has 0 saturated heterocycles. The van der Waals surface area contributed by atoms with Crippen LogP contribution in [0.3, 0.4) is 0 Å². The quantitative estimate of drug-likeness (QED) is 0.0621. The van der Waals surface area contributed by atoms with Crippen molar-refractivity contribution in [2.75, 3.05) is 0 Å². The second kappa shape index (κ2) is 19.5. The van der Waals surface area contributed by atoms with Crippen molar-refractivity contribution in [1.82, 2.24) is 4.98 Å². The molecule has 1 N–H and O–H groups in total. The van der Waals surface area contributed by atoms with Crippen molar-refractivity contribution in [1.29, 1.82) is 0 Å². The van der Waals surface area contributed by atoms with E-state index in [1.54, 1.807) is 11.3 Å². The first-order chi connectivity index (χ1) is 26.8. The van der Waals surface area contributed by atoms with Gasteiger partial charge in [-0.05, 0) is 98.1 Å². The van der Waals surface area contributed by atoms with E-state index < -0.39 is 24.4 Å². The number of ketones is 1. The largest absolute Gasteiger partial charge is 0.512 e. The summed E-state index contributed by atoms with van der Waals surface area (Å²) in [4.78, 5) is 16.6. The van der Waals surface area contributed by atoms with E-state index in [-0.39, 0.29) is 54.8 Å². The van der Waals surface area contributed by atoms with Gasteiger partial charge in [-0.15, -0.1) is 40.5 Å². The van der Waals surface area contributed by atoms with E-state index in [9.17, 15) is 31.9 Å². The molecule has 5 aromatic rings. The van der Waals surface area contributed by atoms with Gasteiger partial charge in [0.2, 0.25) is 0 Å². The summed E-state index contributed by atoms with van der Waals surface area (Å²) in [6.07, 6.45) is 2.14. The number of rotatable bonds is 11. The maximum Gasteiger partial charge on any atom is 0.453 e. The first kappa shape index (κ1) is 47.5. The molecule has 1 aliphatic rings. The number of halogens is 5. The van der Waals surface area contributed by atoms with Gasteiger partial charge in [-0.1, -0.05) is 89.7 Å². The second-order valence-corrected chi connectivity index (χ2v) is 17.8. The number of carbonyl (C=O) groups excluding carboxylic acids is 1. The maximum atomic E-state index is 13.7. The number of aliphatic hydroxyl groups is 1. The number of aromatic nitrogens is 1. The van der Waals surface area contributed by atoms with Gasteiger partial charge in [0, 0.05) is 71.1 Å². The summed E-state index contributed by atoms with van der Waals surface area (Å²) >= 11 is 1.71. The third-order valence-electron chi connectivity index (χ3n) is 12.0. The van der Waals surface area contributed by atoms with Crippen molar-refractivity contribution < 1.29 is 52.0 Å². The molecule has 3 aromatic carbocycles. The number of carbonyl (C=O) groups is 1. The molecule has 1 fully saturated rings. The van der Waals surface area contributed by atoms with Crippen LogP contribution in [-0.4, -0.2) is 28.0 Å². The monoisotopic (exact) mass is 999 g/mol. The Kier molecular flexibility index (Phi) is 15.9. The summed E-state index contributed by atoms with van der Waals surface area (Å²) in [7, 11) is 0. The van der Waals surface area contributed by atoms with Crippen LogP contribution >= 0.6 is 11.3 Å². The van der Waals surface area contributed by atoms with Crippen molar-refractivity contribution in [2.45, 2.75) is 137 Å². The van der Waals surface area contributed by atoms with Crippen LogP contribution in [0, 0.1) is 30.7 Å². The minimum atomic E-state index is -5.49. The normalized spacial score (nSPS) is 16.8. The van der Waals surface area contributed by atoms with E-state index in [1.165, 1.54) is 21.7 Å². The number of nitrogens with zero attached hydrogens (tertiary/aromatic N) is 1. The smallest absolute Gasteiger partial charge is 0.453 e. The molecule has 1 aliphatic carbocycles. The molecule has 1 saturated carbocycles. The van der Waals surface area contributed by atoms with Crippen molar-refractivity contribution in [3.8, 4) is 11.3 Å². The van der Waals surface area contributed by atoms with E-state index >= 15 is 0 Å². The fourth-order valence-corrected chi connectivity index (χ4v) is 9.77. The van der Waals surface area contributed by atoms with E-state index in [4.69, 9.17) is 4.98 Å². The molecule has 3 nitrogen and oxygen atoms in total. The van der Waals surface area contributed by atoms with Crippen LogP contribution in [0.25, 0.3) is 42.2 Å². The van der Waals surface area contributed by atoms with E-state index in [0.717, 1.165) is 68.9 Å². The minimum Gasteiger partial charge on any atom is -0.512 e. The predicted octanol–water partition coefficient (Wildman–Crippen LogP) is 15.4. The molecule has 0 unspecified atom stereocenters. The van der Waals surface area contributed by atoms with Crippen LogP contribution in [0.4, 0.5) is 22.0 Å². The SMILES string of the molecule is CCC(CC)C(=O)/C=C(\O)C(CC)CC.Cc1c(C2CCC(CC(F)(F)C(F)(F)F)CC2)ccc2c1sc1c(-c3[c-]c4ccccc4c(C(C)(C)C)c3)nccc12.[Ir]. The Morgan fingerprint density at radius 2 is 1.47 bits per heavy atom. The number of aliphatic hydroxyl groups excluding tert-OH is 1. The number of fused-ring (bicyclic) bond motifs is 4. The summed E-state index contributed by atoms with van der Waals surface area (Å²) in [6.45, 7) is 16.8. The summed E-state index contributed by atoms with van der Waals surface area (Å²) in [5.74, 6) is -4.54. The van der Waals surface area contributed by atoms with Gasteiger partial charge < -0.3 is 5.11 Å². The third kappa shape index (κ3) is 10.4. The average molecular weight is 999 g/mol. The maximum absolute atomic E-state index is 13.7.